The lowest BCUT2D eigenvalue weighted by Crippen LogP contribution is -2.10. The molecule has 0 heterocycles. The SMILES string of the molecule is CCCC(C)Oc1ccc([N+](=O)[O-])cc1. The molecule has 1 unspecified atom stereocenters. The summed E-state index contributed by atoms with van der Waals surface area (Å²) in [7, 11) is 0. The topological polar surface area (TPSA) is 52.4 Å². The number of nitro benzene ring substituents is 1. The molecule has 0 aliphatic carbocycles. The molecule has 1 atom stereocenters. The highest BCUT2D eigenvalue weighted by atomic mass is 16.6. The van der Waals surface area contributed by atoms with Crippen LogP contribution in [-0.2, 0) is 0 Å². The van der Waals surface area contributed by atoms with Crippen LogP contribution in [0.4, 0.5) is 5.69 Å². The summed E-state index contributed by atoms with van der Waals surface area (Å²) in [5, 5.41) is 10.4. The third-order valence-corrected chi connectivity index (χ3v) is 2.08. The van der Waals surface area contributed by atoms with E-state index in [-0.39, 0.29) is 11.8 Å². The standard InChI is InChI=1S/C11H15NO3/c1-3-4-9(2)15-11-7-5-10(6-8-11)12(13)14/h5-9H,3-4H2,1-2H3. The first-order valence-corrected chi connectivity index (χ1v) is 5.04. The molecule has 0 fully saturated rings. The zero-order chi connectivity index (χ0) is 11.3. The Bertz CT molecular complexity index is 321. The van der Waals surface area contributed by atoms with Crippen LogP contribution in [0.1, 0.15) is 26.7 Å². The van der Waals surface area contributed by atoms with Gasteiger partial charge >= 0.3 is 0 Å². The summed E-state index contributed by atoms with van der Waals surface area (Å²) >= 11 is 0. The van der Waals surface area contributed by atoms with Gasteiger partial charge in [0.1, 0.15) is 5.75 Å². The van der Waals surface area contributed by atoms with Gasteiger partial charge in [0, 0.05) is 12.1 Å². The maximum atomic E-state index is 10.4. The zero-order valence-corrected chi connectivity index (χ0v) is 8.97. The minimum absolute atomic E-state index is 0.0884. The second kappa shape index (κ2) is 5.34. The average molecular weight is 209 g/mol. The monoisotopic (exact) mass is 209 g/mol. The zero-order valence-electron chi connectivity index (χ0n) is 8.97. The maximum absolute atomic E-state index is 10.4. The Morgan fingerprint density at radius 2 is 2.00 bits per heavy atom. The van der Waals surface area contributed by atoms with Crippen molar-refractivity contribution < 1.29 is 9.66 Å². The molecule has 0 N–H and O–H groups in total. The molecule has 0 bridgehead atoms. The van der Waals surface area contributed by atoms with E-state index in [1.807, 2.05) is 6.92 Å². The lowest BCUT2D eigenvalue weighted by molar-refractivity contribution is -0.384. The number of non-ortho nitro benzene ring substituents is 1. The van der Waals surface area contributed by atoms with E-state index < -0.39 is 4.92 Å². The summed E-state index contributed by atoms with van der Waals surface area (Å²) in [6.45, 7) is 4.08. The van der Waals surface area contributed by atoms with Crippen LogP contribution in [-0.4, -0.2) is 11.0 Å². The van der Waals surface area contributed by atoms with E-state index in [0.29, 0.717) is 5.75 Å². The van der Waals surface area contributed by atoms with E-state index in [1.165, 1.54) is 12.1 Å². The van der Waals surface area contributed by atoms with E-state index in [4.69, 9.17) is 4.74 Å². The summed E-state index contributed by atoms with van der Waals surface area (Å²) in [4.78, 5) is 9.98. The van der Waals surface area contributed by atoms with Crippen molar-refractivity contribution in [3.8, 4) is 5.75 Å². The van der Waals surface area contributed by atoms with Crippen molar-refractivity contribution in [2.75, 3.05) is 0 Å². The number of hydrogen-bond donors (Lipinski definition) is 0. The number of hydrogen-bond acceptors (Lipinski definition) is 3. The van der Waals surface area contributed by atoms with Crippen molar-refractivity contribution in [1.82, 2.24) is 0 Å². The summed E-state index contributed by atoms with van der Waals surface area (Å²) in [6, 6.07) is 6.16. The van der Waals surface area contributed by atoms with Gasteiger partial charge in [0.05, 0.1) is 11.0 Å². The van der Waals surface area contributed by atoms with Crippen molar-refractivity contribution in [3.63, 3.8) is 0 Å². The van der Waals surface area contributed by atoms with Crippen LogP contribution in [0.2, 0.25) is 0 Å². The highest BCUT2D eigenvalue weighted by Crippen LogP contribution is 2.19. The Hall–Kier alpha value is -1.58. The molecule has 1 aromatic carbocycles. The Balaban J connectivity index is 2.60. The number of ether oxygens (including phenoxy) is 1. The lowest BCUT2D eigenvalue weighted by atomic mass is 10.2. The van der Waals surface area contributed by atoms with E-state index >= 15 is 0 Å². The molecule has 0 saturated heterocycles. The van der Waals surface area contributed by atoms with Crippen molar-refractivity contribution in [2.45, 2.75) is 32.8 Å². The third kappa shape index (κ3) is 3.58. The van der Waals surface area contributed by atoms with Gasteiger partial charge in [0.15, 0.2) is 0 Å². The fourth-order valence-electron chi connectivity index (χ4n) is 1.34. The molecule has 0 radical (unpaired) electrons. The van der Waals surface area contributed by atoms with Crippen molar-refractivity contribution >= 4 is 5.69 Å². The van der Waals surface area contributed by atoms with Gasteiger partial charge in [-0.2, -0.15) is 0 Å². The molecular formula is C11H15NO3. The van der Waals surface area contributed by atoms with E-state index in [2.05, 4.69) is 6.92 Å². The first-order valence-electron chi connectivity index (χ1n) is 5.04. The summed E-state index contributed by atoms with van der Waals surface area (Å²) in [5.74, 6) is 0.682. The molecule has 0 aromatic heterocycles. The van der Waals surface area contributed by atoms with E-state index in [9.17, 15) is 10.1 Å². The van der Waals surface area contributed by atoms with Crippen LogP contribution in [0.3, 0.4) is 0 Å². The van der Waals surface area contributed by atoms with Gasteiger partial charge in [-0.05, 0) is 25.5 Å². The molecule has 15 heavy (non-hydrogen) atoms. The second-order valence-corrected chi connectivity index (χ2v) is 3.47. The molecular weight excluding hydrogens is 194 g/mol. The summed E-state index contributed by atoms with van der Waals surface area (Å²) in [6.07, 6.45) is 2.20. The van der Waals surface area contributed by atoms with Crippen LogP contribution in [0.15, 0.2) is 24.3 Å². The van der Waals surface area contributed by atoms with Gasteiger partial charge in [-0.3, -0.25) is 10.1 Å². The van der Waals surface area contributed by atoms with E-state index in [1.54, 1.807) is 12.1 Å². The average Bonchev–Trinajstić information content (AvgIpc) is 2.18. The van der Waals surface area contributed by atoms with Crippen LogP contribution in [0.25, 0.3) is 0 Å². The number of rotatable bonds is 5. The normalized spacial score (nSPS) is 12.1. The fourth-order valence-corrected chi connectivity index (χ4v) is 1.34. The Labute approximate surface area is 89.0 Å². The predicted octanol–water partition coefficient (Wildman–Crippen LogP) is 3.16. The minimum Gasteiger partial charge on any atom is -0.491 e. The minimum atomic E-state index is -0.417. The van der Waals surface area contributed by atoms with Crippen LogP contribution in [0.5, 0.6) is 5.75 Å². The smallest absolute Gasteiger partial charge is 0.269 e. The number of nitro groups is 1. The third-order valence-electron chi connectivity index (χ3n) is 2.08. The molecule has 1 aromatic rings. The molecule has 82 valence electrons. The first-order chi connectivity index (χ1) is 7.13. The molecule has 0 aliphatic heterocycles. The van der Waals surface area contributed by atoms with Crippen molar-refractivity contribution in [1.29, 1.82) is 0 Å². The number of benzene rings is 1. The quantitative estimate of drug-likeness (QED) is 0.552. The van der Waals surface area contributed by atoms with Gasteiger partial charge in [0.25, 0.3) is 5.69 Å². The molecule has 1 rings (SSSR count). The molecule has 0 aliphatic rings. The number of nitrogens with zero attached hydrogens (tertiary/aromatic N) is 1. The molecule has 4 heteroatoms. The Morgan fingerprint density at radius 1 is 1.40 bits per heavy atom. The van der Waals surface area contributed by atoms with E-state index in [0.717, 1.165) is 12.8 Å². The van der Waals surface area contributed by atoms with Crippen LogP contribution < -0.4 is 4.74 Å². The summed E-state index contributed by atoms with van der Waals surface area (Å²) in [5.41, 5.74) is 0.0884. The molecule has 0 spiro atoms. The van der Waals surface area contributed by atoms with Gasteiger partial charge in [-0.25, -0.2) is 0 Å². The van der Waals surface area contributed by atoms with Crippen LogP contribution >= 0.6 is 0 Å². The Morgan fingerprint density at radius 3 is 2.47 bits per heavy atom. The van der Waals surface area contributed by atoms with Gasteiger partial charge < -0.3 is 4.74 Å². The second-order valence-electron chi connectivity index (χ2n) is 3.47. The summed E-state index contributed by atoms with van der Waals surface area (Å²) < 4.78 is 5.57. The largest absolute Gasteiger partial charge is 0.491 e. The highest BCUT2D eigenvalue weighted by Gasteiger charge is 2.06. The fraction of sp³-hybridized carbons (Fsp3) is 0.455. The van der Waals surface area contributed by atoms with Gasteiger partial charge in [-0.1, -0.05) is 13.3 Å². The molecule has 0 saturated carbocycles. The van der Waals surface area contributed by atoms with Gasteiger partial charge in [-0.15, -0.1) is 0 Å². The Kier molecular flexibility index (Phi) is 4.09. The molecule has 0 amide bonds. The van der Waals surface area contributed by atoms with Gasteiger partial charge in [0.2, 0.25) is 0 Å². The van der Waals surface area contributed by atoms with Crippen molar-refractivity contribution in [2.24, 2.45) is 0 Å². The highest BCUT2D eigenvalue weighted by molar-refractivity contribution is 5.36. The predicted molar refractivity (Wildman–Crippen MR) is 58.1 cm³/mol. The van der Waals surface area contributed by atoms with Crippen molar-refractivity contribution in [3.05, 3.63) is 34.4 Å². The lowest BCUT2D eigenvalue weighted by Gasteiger charge is -2.13. The first kappa shape index (κ1) is 11.5. The maximum Gasteiger partial charge on any atom is 0.269 e. The van der Waals surface area contributed by atoms with Crippen LogP contribution in [0, 0.1) is 10.1 Å². The molecule has 4 nitrogen and oxygen atoms in total.